The number of rotatable bonds is 2. The van der Waals surface area contributed by atoms with Crippen LogP contribution in [0.3, 0.4) is 0 Å². The number of primary amides is 1. The zero-order valence-corrected chi connectivity index (χ0v) is 11.8. The van der Waals surface area contributed by atoms with Crippen LogP contribution in [0.25, 0.3) is 21.7 Å². The van der Waals surface area contributed by atoms with Gasteiger partial charge in [0.1, 0.15) is 5.58 Å². The van der Waals surface area contributed by atoms with E-state index in [2.05, 4.69) is 10.5 Å². The van der Waals surface area contributed by atoms with Crippen molar-refractivity contribution in [1.82, 2.24) is 5.43 Å². The van der Waals surface area contributed by atoms with E-state index in [1.807, 2.05) is 30.3 Å². The van der Waals surface area contributed by atoms with Crippen LogP contribution >= 0.6 is 0 Å². The highest BCUT2D eigenvalue weighted by atomic mass is 16.4. The lowest BCUT2D eigenvalue weighted by molar-refractivity contribution is 0.249. The van der Waals surface area contributed by atoms with Crippen molar-refractivity contribution in [1.29, 1.82) is 0 Å². The first-order chi connectivity index (χ1) is 10.6. The highest BCUT2D eigenvalue weighted by Gasteiger charge is 2.10. The molecule has 110 valence electrons. The Labute approximate surface area is 125 Å². The molecule has 0 saturated heterocycles. The predicted octanol–water partition coefficient (Wildman–Crippen LogP) is 2.34. The minimum absolute atomic E-state index is 0.276. The van der Waals surface area contributed by atoms with Crippen LogP contribution in [0.2, 0.25) is 0 Å². The number of hydrazone groups is 1. The Morgan fingerprint density at radius 3 is 2.73 bits per heavy atom. The number of carbonyl (C=O) groups excluding carboxylic acids is 1. The zero-order chi connectivity index (χ0) is 15.7. The number of nitrogens with zero attached hydrogens (tertiary/aromatic N) is 1. The van der Waals surface area contributed by atoms with Gasteiger partial charge in [0.25, 0.3) is 0 Å². The van der Waals surface area contributed by atoms with Gasteiger partial charge in [-0.1, -0.05) is 30.3 Å². The van der Waals surface area contributed by atoms with Crippen LogP contribution in [0.1, 0.15) is 12.5 Å². The molecular weight excluding hydrogens is 282 g/mol. The summed E-state index contributed by atoms with van der Waals surface area (Å²) < 4.78 is 5.35. The third-order valence-electron chi connectivity index (χ3n) is 3.37. The van der Waals surface area contributed by atoms with Gasteiger partial charge in [0, 0.05) is 5.39 Å². The summed E-state index contributed by atoms with van der Waals surface area (Å²) in [6, 6.07) is 12.4. The number of nitrogens with two attached hydrogens (primary N) is 1. The molecule has 3 N–H and O–H groups in total. The lowest BCUT2D eigenvalue weighted by Gasteiger charge is -2.05. The second-order valence-electron chi connectivity index (χ2n) is 4.82. The molecule has 0 aliphatic rings. The fourth-order valence-corrected chi connectivity index (χ4v) is 2.32. The summed E-state index contributed by atoms with van der Waals surface area (Å²) in [5.41, 5.74) is 7.65. The molecule has 0 atom stereocenters. The molecule has 0 spiro atoms. The fourth-order valence-electron chi connectivity index (χ4n) is 2.32. The first-order valence-electron chi connectivity index (χ1n) is 6.62. The highest BCUT2D eigenvalue weighted by molar-refractivity contribution is 6.08. The van der Waals surface area contributed by atoms with Crippen molar-refractivity contribution >= 4 is 33.5 Å². The number of benzene rings is 2. The fraction of sp³-hybridized carbons (Fsp3) is 0.0625. The normalized spacial score (nSPS) is 11.8. The van der Waals surface area contributed by atoms with E-state index in [4.69, 9.17) is 10.2 Å². The van der Waals surface area contributed by atoms with E-state index in [1.165, 1.54) is 0 Å². The number of carbonyl (C=O) groups is 1. The maximum atomic E-state index is 12.1. The molecule has 0 aliphatic carbocycles. The minimum Gasteiger partial charge on any atom is -0.422 e. The van der Waals surface area contributed by atoms with Crippen molar-refractivity contribution in [3.63, 3.8) is 0 Å². The second-order valence-corrected chi connectivity index (χ2v) is 4.82. The van der Waals surface area contributed by atoms with E-state index in [1.54, 1.807) is 19.1 Å². The van der Waals surface area contributed by atoms with Gasteiger partial charge in [-0.3, -0.25) is 0 Å². The van der Waals surface area contributed by atoms with E-state index >= 15 is 0 Å². The largest absolute Gasteiger partial charge is 0.422 e. The Balaban J connectivity index is 2.26. The molecule has 6 heteroatoms. The second kappa shape index (κ2) is 5.33. The molecule has 0 fully saturated rings. The molecule has 0 saturated carbocycles. The average Bonchev–Trinajstić information content (AvgIpc) is 2.51. The molecule has 3 aromatic rings. The summed E-state index contributed by atoms with van der Waals surface area (Å²) in [6.07, 6.45) is 0. The molecule has 1 aromatic heterocycles. The number of amides is 2. The van der Waals surface area contributed by atoms with Gasteiger partial charge in [0.2, 0.25) is 0 Å². The maximum absolute atomic E-state index is 12.1. The van der Waals surface area contributed by atoms with Crippen LogP contribution in [0.15, 0.2) is 56.8 Å². The quantitative estimate of drug-likeness (QED) is 0.328. The molecule has 0 radical (unpaired) electrons. The number of fused-ring (bicyclic) bond motifs is 3. The van der Waals surface area contributed by atoms with Crippen LogP contribution in [0, 0.1) is 0 Å². The molecule has 0 aliphatic heterocycles. The Kier molecular flexibility index (Phi) is 3.34. The Morgan fingerprint density at radius 1 is 1.18 bits per heavy atom. The van der Waals surface area contributed by atoms with Gasteiger partial charge >= 0.3 is 11.7 Å². The topological polar surface area (TPSA) is 97.7 Å². The molecular formula is C16H13N3O3. The van der Waals surface area contributed by atoms with Crippen LogP contribution in [0.4, 0.5) is 4.79 Å². The van der Waals surface area contributed by atoms with Crippen molar-refractivity contribution in [2.45, 2.75) is 6.92 Å². The highest BCUT2D eigenvalue weighted by Crippen LogP contribution is 2.24. The van der Waals surface area contributed by atoms with E-state index in [0.29, 0.717) is 11.3 Å². The molecule has 2 amide bonds. The van der Waals surface area contributed by atoms with Crippen molar-refractivity contribution in [3.8, 4) is 0 Å². The molecule has 2 aromatic carbocycles. The molecule has 22 heavy (non-hydrogen) atoms. The van der Waals surface area contributed by atoms with Gasteiger partial charge in [-0.15, -0.1) is 0 Å². The summed E-state index contributed by atoms with van der Waals surface area (Å²) in [4.78, 5) is 22.8. The number of nitrogens with one attached hydrogen (secondary N) is 1. The maximum Gasteiger partial charge on any atom is 0.345 e. The van der Waals surface area contributed by atoms with Crippen LogP contribution < -0.4 is 16.8 Å². The molecule has 0 bridgehead atoms. The van der Waals surface area contributed by atoms with Crippen molar-refractivity contribution in [2.24, 2.45) is 10.8 Å². The first-order valence-corrected chi connectivity index (χ1v) is 6.62. The van der Waals surface area contributed by atoms with E-state index in [0.717, 1.165) is 16.2 Å². The SMILES string of the molecule is C/C(=N/NC(N)=O)c1cc2c(ccc3ccccc32)oc1=O. The summed E-state index contributed by atoms with van der Waals surface area (Å²) in [6.45, 7) is 1.60. The zero-order valence-electron chi connectivity index (χ0n) is 11.8. The van der Waals surface area contributed by atoms with Crippen molar-refractivity contribution in [2.75, 3.05) is 0 Å². The Hall–Kier alpha value is -3.15. The summed E-state index contributed by atoms with van der Waals surface area (Å²) in [7, 11) is 0. The van der Waals surface area contributed by atoms with Crippen LogP contribution in [-0.2, 0) is 0 Å². The van der Waals surface area contributed by atoms with Gasteiger partial charge in [-0.25, -0.2) is 15.0 Å². The predicted molar refractivity (Wildman–Crippen MR) is 84.9 cm³/mol. The average molecular weight is 295 g/mol. The summed E-state index contributed by atoms with van der Waals surface area (Å²) >= 11 is 0. The van der Waals surface area contributed by atoms with E-state index in [-0.39, 0.29) is 5.56 Å². The number of hydrogen-bond donors (Lipinski definition) is 2. The van der Waals surface area contributed by atoms with Gasteiger partial charge < -0.3 is 10.2 Å². The molecule has 3 rings (SSSR count). The van der Waals surface area contributed by atoms with Gasteiger partial charge in [0.15, 0.2) is 0 Å². The number of urea groups is 1. The van der Waals surface area contributed by atoms with Crippen molar-refractivity contribution in [3.05, 3.63) is 58.4 Å². The summed E-state index contributed by atoms with van der Waals surface area (Å²) in [5, 5.41) is 6.59. The first kappa shape index (κ1) is 13.8. The van der Waals surface area contributed by atoms with Gasteiger partial charge in [-0.2, -0.15) is 5.10 Å². The third-order valence-corrected chi connectivity index (χ3v) is 3.37. The standard InChI is InChI=1S/C16H13N3O3/c1-9(18-19-16(17)21)12-8-13-11-5-3-2-4-10(11)6-7-14(13)22-15(12)20/h2-8H,1H3,(H3,17,19,21)/b18-9-. The Bertz CT molecular complexity index is 973. The van der Waals surface area contributed by atoms with Gasteiger partial charge in [-0.05, 0) is 29.8 Å². The molecule has 1 heterocycles. The number of hydrogen-bond acceptors (Lipinski definition) is 4. The van der Waals surface area contributed by atoms with Crippen LogP contribution in [-0.4, -0.2) is 11.7 Å². The third kappa shape index (κ3) is 2.42. The van der Waals surface area contributed by atoms with E-state index < -0.39 is 11.7 Å². The lowest BCUT2D eigenvalue weighted by Crippen LogP contribution is -2.26. The van der Waals surface area contributed by atoms with E-state index in [9.17, 15) is 9.59 Å². The smallest absolute Gasteiger partial charge is 0.345 e. The summed E-state index contributed by atoms with van der Waals surface area (Å²) in [5.74, 6) is 0. The lowest BCUT2D eigenvalue weighted by atomic mass is 10.0. The monoisotopic (exact) mass is 295 g/mol. The minimum atomic E-state index is -0.796. The van der Waals surface area contributed by atoms with Crippen LogP contribution in [0.5, 0.6) is 0 Å². The van der Waals surface area contributed by atoms with Gasteiger partial charge in [0.05, 0.1) is 11.3 Å². The molecule has 6 nitrogen and oxygen atoms in total. The Morgan fingerprint density at radius 2 is 1.95 bits per heavy atom. The molecule has 0 unspecified atom stereocenters. The van der Waals surface area contributed by atoms with Crippen molar-refractivity contribution < 1.29 is 9.21 Å².